The Morgan fingerprint density at radius 3 is 2.83 bits per heavy atom. The van der Waals surface area contributed by atoms with E-state index in [1.54, 1.807) is 7.11 Å². The van der Waals surface area contributed by atoms with Crippen LogP contribution in [0.3, 0.4) is 0 Å². The molecule has 1 aromatic heterocycles. The van der Waals surface area contributed by atoms with Gasteiger partial charge in [0, 0.05) is 6.54 Å². The maximum Gasteiger partial charge on any atom is 0.230 e. The van der Waals surface area contributed by atoms with Crippen molar-refractivity contribution in [1.82, 2.24) is 10.3 Å². The number of hydrogen-bond acceptors (Lipinski definition) is 4. The van der Waals surface area contributed by atoms with Gasteiger partial charge in [0.1, 0.15) is 11.5 Å². The Bertz CT molecular complexity index is 702. The number of benzene rings is 1. The Hall–Kier alpha value is -2.30. The molecule has 1 N–H and O–H groups in total. The molecule has 0 bridgehead atoms. The third-order valence-corrected chi connectivity index (χ3v) is 4.62. The molecule has 24 heavy (non-hydrogen) atoms. The number of nitrogens with one attached hydrogen (secondary N) is 1. The van der Waals surface area contributed by atoms with Crippen LogP contribution in [-0.4, -0.2) is 24.5 Å². The van der Waals surface area contributed by atoms with Gasteiger partial charge in [0.15, 0.2) is 0 Å². The van der Waals surface area contributed by atoms with E-state index in [4.69, 9.17) is 9.15 Å². The summed E-state index contributed by atoms with van der Waals surface area (Å²) in [7, 11) is 1.62. The summed E-state index contributed by atoms with van der Waals surface area (Å²) in [5, 5.41) is 3.03. The number of carbonyl (C=O) groups is 1. The summed E-state index contributed by atoms with van der Waals surface area (Å²) in [6.07, 6.45) is 5.26. The molecule has 0 aliphatic heterocycles. The van der Waals surface area contributed by atoms with Gasteiger partial charge in [-0.15, -0.1) is 0 Å². The highest BCUT2D eigenvalue weighted by Crippen LogP contribution is 2.30. The average molecular weight is 328 g/mol. The number of amides is 1. The predicted molar refractivity (Wildman–Crippen MR) is 91.9 cm³/mol. The van der Waals surface area contributed by atoms with Crippen LogP contribution in [0.15, 0.2) is 28.7 Å². The number of ether oxygens (including phenoxy) is 1. The number of aromatic nitrogens is 1. The fraction of sp³-hybridized carbons (Fsp3) is 0.474. The predicted octanol–water partition coefficient (Wildman–Crippen LogP) is 3.51. The first-order valence-corrected chi connectivity index (χ1v) is 8.53. The summed E-state index contributed by atoms with van der Waals surface area (Å²) in [6, 6.07) is 7.57. The van der Waals surface area contributed by atoms with Gasteiger partial charge in [0.05, 0.1) is 24.8 Å². The molecule has 1 amide bonds. The number of hydrogen-bond donors (Lipinski definition) is 1. The fourth-order valence-electron chi connectivity index (χ4n) is 3.22. The normalized spacial score (nSPS) is 14.8. The third kappa shape index (κ3) is 3.78. The molecule has 0 saturated heterocycles. The Morgan fingerprint density at radius 1 is 1.33 bits per heavy atom. The van der Waals surface area contributed by atoms with Crippen molar-refractivity contribution in [1.29, 1.82) is 0 Å². The summed E-state index contributed by atoms with van der Waals surface area (Å²) in [5.41, 5.74) is 1.47. The highest BCUT2D eigenvalue weighted by molar-refractivity contribution is 5.78. The van der Waals surface area contributed by atoms with Crippen molar-refractivity contribution >= 4 is 5.91 Å². The van der Waals surface area contributed by atoms with E-state index < -0.39 is 0 Å². The first-order chi connectivity index (χ1) is 11.7. The van der Waals surface area contributed by atoms with Gasteiger partial charge in [-0.05, 0) is 37.8 Å². The number of nitrogens with zero attached hydrogens (tertiary/aromatic N) is 1. The topological polar surface area (TPSA) is 64.4 Å². The summed E-state index contributed by atoms with van der Waals surface area (Å²) in [4.78, 5) is 16.7. The van der Waals surface area contributed by atoms with Crippen LogP contribution in [0.4, 0.5) is 0 Å². The SMILES string of the molecule is COc1ccccc1-c1nc(CC(=O)NCC2CCCC2)c(C)o1. The molecule has 2 aromatic rings. The zero-order chi connectivity index (χ0) is 16.9. The van der Waals surface area contributed by atoms with Crippen LogP contribution in [0, 0.1) is 12.8 Å². The van der Waals surface area contributed by atoms with Gasteiger partial charge in [-0.25, -0.2) is 4.98 Å². The smallest absolute Gasteiger partial charge is 0.230 e. The van der Waals surface area contributed by atoms with Crippen molar-refractivity contribution in [2.75, 3.05) is 13.7 Å². The van der Waals surface area contributed by atoms with Gasteiger partial charge in [-0.3, -0.25) is 4.79 Å². The highest BCUT2D eigenvalue weighted by Gasteiger charge is 2.19. The van der Waals surface area contributed by atoms with Crippen molar-refractivity contribution < 1.29 is 13.9 Å². The molecule has 0 spiro atoms. The first-order valence-electron chi connectivity index (χ1n) is 8.53. The maximum atomic E-state index is 12.2. The molecule has 0 atom stereocenters. The molecule has 1 heterocycles. The average Bonchev–Trinajstić information content (AvgIpc) is 3.23. The molecule has 1 saturated carbocycles. The summed E-state index contributed by atoms with van der Waals surface area (Å²) in [6.45, 7) is 2.61. The fourth-order valence-corrected chi connectivity index (χ4v) is 3.22. The van der Waals surface area contributed by atoms with Gasteiger partial charge >= 0.3 is 0 Å². The molecule has 5 nitrogen and oxygen atoms in total. The summed E-state index contributed by atoms with van der Waals surface area (Å²) in [5.74, 6) is 2.51. The van der Waals surface area contributed by atoms with E-state index >= 15 is 0 Å². The standard InChI is InChI=1S/C19H24N2O3/c1-13-16(11-18(22)20-12-14-7-3-4-8-14)21-19(24-13)15-9-5-6-10-17(15)23-2/h5-6,9-10,14H,3-4,7-8,11-12H2,1-2H3,(H,20,22). The quantitative estimate of drug-likeness (QED) is 0.881. The van der Waals surface area contributed by atoms with Gasteiger partial charge in [0.25, 0.3) is 0 Å². The zero-order valence-electron chi connectivity index (χ0n) is 14.3. The third-order valence-electron chi connectivity index (χ3n) is 4.62. The summed E-state index contributed by atoms with van der Waals surface area (Å²) < 4.78 is 11.1. The molecule has 1 aliphatic carbocycles. The molecule has 1 fully saturated rings. The van der Waals surface area contributed by atoms with Gasteiger partial charge in [0.2, 0.25) is 11.8 Å². The molecule has 0 unspecified atom stereocenters. The van der Waals surface area contributed by atoms with Crippen LogP contribution in [-0.2, 0) is 11.2 Å². The highest BCUT2D eigenvalue weighted by atomic mass is 16.5. The van der Waals surface area contributed by atoms with Crippen LogP contribution in [0.25, 0.3) is 11.5 Å². The van der Waals surface area contributed by atoms with E-state index in [9.17, 15) is 4.79 Å². The largest absolute Gasteiger partial charge is 0.496 e. The number of methoxy groups -OCH3 is 1. The Balaban J connectivity index is 1.66. The first kappa shape index (κ1) is 16.6. The van der Waals surface area contributed by atoms with Crippen molar-refractivity contribution in [3.63, 3.8) is 0 Å². The Morgan fingerprint density at radius 2 is 2.08 bits per heavy atom. The lowest BCUT2D eigenvalue weighted by Gasteiger charge is -2.09. The molecule has 5 heteroatoms. The van der Waals surface area contributed by atoms with Gasteiger partial charge in [-0.2, -0.15) is 0 Å². The van der Waals surface area contributed by atoms with Crippen LogP contribution >= 0.6 is 0 Å². The zero-order valence-corrected chi connectivity index (χ0v) is 14.3. The molecular weight excluding hydrogens is 304 g/mol. The van der Waals surface area contributed by atoms with Crippen molar-refractivity contribution in [3.8, 4) is 17.2 Å². The van der Waals surface area contributed by atoms with Gasteiger partial charge in [-0.1, -0.05) is 25.0 Å². The number of rotatable bonds is 6. The van der Waals surface area contributed by atoms with E-state index in [2.05, 4.69) is 10.3 Å². The Kier molecular flexibility index (Phi) is 5.18. The molecule has 128 valence electrons. The second kappa shape index (κ2) is 7.51. The second-order valence-electron chi connectivity index (χ2n) is 6.35. The van der Waals surface area contributed by atoms with Crippen molar-refractivity contribution in [3.05, 3.63) is 35.7 Å². The molecular formula is C19H24N2O3. The van der Waals surface area contributed by atoms with E-state index in [1.807, 2.05) is 31.2 Å². The number of para-hydroxylation sites is 1. The molecule has 3 rings (SSSR count). The maximum absolute atomic E-state index is 12.2. The van der Waals surface area contributed by atoms with Crippen LogP contribution in [0.1, 0.15) is 37.1 Å². The Labute approximate surface area is 142 Å². The minimum Gasteiger partial charge on any atom is -0.496 e. The number of aryl methyl sites for hydroxylation is 1. The van der Waals surface area contributed by atoms with E-state index in [1.165, 1.54) is 25.7 Å². The van der Waals surface area contributed by atoms with Crippen LogP contribution in [0.5, 0.6) is 5.75 Å². The van der Waals surface area contributed by atoms with Crippen LogP contribution < -0.4 is 10.1 Å². The molecule has 1 aliphatic rings. The van der Waals surface area contributed by atoms with E-state index in [0.29, 0.717) is 29.0 Å². The van der Waals surface area contributed by atoms with Crippen LogP contribution in [0.2, 0.25) is 0 Å². The lowest BCUT2D eigenvalue weighted by Crippen LogP contribution is -2.29. The summed E-state index contributed by atoms with van der Waals surface area (Å²) >= 11 is 0. The monoisotopic (exact) mass is 328 g/mol. The van der Waals surface area contributed by atoms with E-state index in [0.717, 1.165) is 12.1 Å². The van der Waals surface area contributed by atoms with Gasteiger partial charge < -0.3 is 14.5 Å². The molecule has 0 radical (unpaired) electrons. The lowest BCUT2D eigenvalue weighted by atomic mass is 10.1. The minimum atomic E-state index is 0.00452. The number of carbonyl (C=O) groups excluding carboxylic acids is 1. The molecule has 1 aromatic carbocycles. The number of oxazole rings is 1. The minimum absolute atomic E-state index is 0.00452. The lowest BCUT2D eigenvalue weighted by molar-refractivity contribution is -0.120. The van der Waals surface area contributed by atoms with E-state index in [-0.39, 0.29) is 12.3 Å². The van der Waals surface area contributed by atoms with Crippen molar-refractivity contribution in [2.45, 2.75) is 39.0 Å². The van der Waals surface area contributed by atoms with Crippen molar-refractivity contribution in [2.24, 2.45) is 5.92 Å². The second-order valence-corrected chi connectivity index (χ2v) is 6.35.